The second-order valence-corrected chi connectivity index (χ2v) is 2.99. The average Bonchev–Trinajstić information content (AvgIpc) is 2.33. The van der Waals surface area contributed by atoms with Crippen LogP contribution in [-0.2, 0) is 6.54 Å². The van der Waals surface area contributed by atoms with Gasteiger partial charge in [-0.05, 0) is 13.1 Å². The van der Waals surface area contributed by atoms with E-state index in [2.05, 4.69) is 5.32 Å². The van der Waals surface area contributed by atoms with Crippen LogP contribution in [0.25, 0.3) is 0 Å². The molecule has 4 N–H and O–H groups in total. The first kappa shape index (κ1) is 15.8. The molecule has 98 valence electrons. The minimum absolute atomic E-state index is 0.233. The lowest BCUT2D eigenvalue weighted by molar-refractivity contribution is 0.296. The van der Waals surface area contributed by atoms with Crippen molar-refractivity contribution < 1.29 is 22.7 Å². The number of benzene rings is 1. The lowest BCUT2D eigenvalue weighted by atomic mass is 10.2. The van der Waals surface area contributed by atoms with Gasteiger partial charge in [0.15, 0.2) is 23.3 Å². The van der Waals surface area contributed by atoms with Crippen molar-refractivity contribution in [2.75, 3.05) is 20.2 Å². The zero-order valence-electron chi connectivity index (χ0n) is 9.24. The lowest BCUT2D eigenvalue weighted by Crippen LogP contribution is -2.10. The quantitative estimate of drug-likeness (QED) is 0.427. The van der Waals surface area contributed by atoms with E-state index in [1.165, 1.54) is 0 Å². The van der Waals surface area contributed by atoms with Gasteiger partial charge in [-0.3, -0.25) is 0 Å². The SMILES string of the molecule is CNCCO.NCc1cc(F)c(F)c(F)c1F. The summed E-state index contributed by atoms with van der Waals surface area (Å²) in [6, 6.07) is 0.535. The van der Waals surface area contributed by atoms with Gasteiger partial charge < -0.3 is 16.2 Å². The zero-order valence-corrected chi connectivity index (χ0v) is 9.24. The molecule has 0 spiro atoms. The molecule has 0 unspecified atom stereocenters. The van der Waals surface area contributed by atoms with E-state index in [1.54, 1.807) is 7.05 Å². The Morgan fingerprint density at radius 3 is 2.12 bits per heavy atom. The maximum absolute atomic E-state index is 12.6. The molecule has 17 heavy (non-hydrogen) atoms. The Kier molecular flexibility index (Phi) is 7.44. The molecule has 0 heterocycles. The number of hydrogen-bond acceptors (Lipinski definition) is 3. The molecule has 7 heteroatoms. The Morgan fingerprint density at radius 2 is 1.76 bits per heavy atom. The van der Waals surface area contributed by atoms with Crippen LogP contribution in [0, 0.1) is 23.3 Å². The van der Waals surface area contributed by atoms with Crippen LogP contribution in [-0.4, -0.2) is 25.3 Å². The number of nitrogens with two attached hydrogens (primary N) is 1. The zero-order chi connectivity index (χ0) is 13.4. The Bertz CT molecular complexity index is 359. The highest BCUT2D eigenvalue weighted by Gasteiger charge is 2.17. The first-order chi connectivity index (χ1) is 7.99. The first-order valence-corrected chi connectivity index (χ1v) is 4.76. The molecule has 0 saturated heterocycles. The molecule has 0 aliphatic carbocycles. The van der Waals surface area contributed by atoms with Gasteiger partial charge in [-0.2, -0.15) is 0 Å². The van der Waals surface area contributed by atoms with Crippen LogP contribution >= 0.6 is 0 Å². The highest BCUT2D eigenvalue weighted by molar-refractivity contribution is 5.21. The molecule has 1 rings (SSSR count). The van der Waals surface area contributed by atoms with Crippen molar-refractivity contribution in [2.45, 2.75) is 6.54 Å². The molecule has 1 aromatic rings. The summed E-state index contributed by atoms with van der Waals surface area (Å²) in [6.07, 6.45) is 0. The Hall–Kier alpha value is -1.18. The van der Waals surface area contributed by atoms with Gasteiger partial charge in [0.1, 0.15) is 0 Å². The second kappa shape index (κ2) is 7.99. The third-order valence-electron chi connectivity index (χ3n) is 1.76. The van der Waals surface area contributed by atoms with Crippen LogP contribution in [0.15, 0.2) is 6.07 Å². The van der Waals surface area contributed by atoms with Gasteiger partial charge in [0.2, 0.25) is 0 Å². The van der Waals surface area contributed by atoms with Crippen molar-refractivity contribution >= 4 is 0 Å². The monoisotopic (exact) mass is 254 g/mol. The van der Waals surface area contributed by atoms with E-state index in [1.807, 2.05) is 0 Å². The summed E-state index contributed by atoms with van der Waals surface area (Å²) in [5.74, 6) is -6.51. The minimum atomic E-state index is -1.82. The fourth-order valence-corrected chi connectivity index (χ4v) is 0.882. The second-order valence-electron chi connectivity index (χ2n) is 2.99. The molecular formula is C10H14F4N2O. The number of aliphatic hydroxyl groups is 1. The summed E-state index contributed by atoms with van der Waals surface area (Å²) >= 11 is 0. The molecule has 0 aliphatic heterocycles. The standard InChI is InChI=1S/C7H5F4N.C3H9NO/c8-4-1-3(2-12)5(9)7(11)6(4)10;1-4-2-3-5/h1H,2,12H2;4-5H,2-3H2,1H3. The van der Waals surface area contributed by atoms with Crippen LogP contribution in [0.2, 0.25) is 0 Å². The summed E-state index contributed by atoms with van der Waals surface area (Å²) in [4.78, 5) is 0. The summed E-state index contributed by atoms with van der Waals surface area (Å²) in [5.41, 5.74) is 4.56. The minimum Gasteiger partial charge on any atom is -0.395 e. The van der Waals surface area contributed by atoms with Crippen molar-refractivity contribution in [3.05, 3.63) is 34.9 Å². The van der Waals surface area contributed by atoms with Crippen LogP contribution < -0.4 is 11.1 Å². The topological polar surface area (TPSA) is 58.3 Å². The molecule has 0 saturated carbocycles. The van der Waals surface area contributed by atoms with Gasteiger partial charge in [-0.1, -0.05) is 0 Å². The molecular weight excluding hydrogens is 240 g/mol. The van der Waals surface area contributed by atoms with E-state index in [0.717, 1.165) is 0 Å². The fraction of sp³-hybridized carbons (Fsp3) is 0.400. The van der Waals surface area contributed by atoms with Crippen LogP contribution in [0.3, 0.4) is 0 Å². The van der Waals surface area contributed by atoms with Crippen molar-refractivity contribution in [2.24, 2.45) is 5.73 Å². The Morgan fingerprint density at radius 1 is 1.18 bits per heavy atom. The Balaban J connectivity index is 0.000000437. The van der Waals surface area contributed by atoms with Crippen LogP contribution in [0.1, 0.15) is 5.56 Å². The molecule has 3 nitrogen and oxygen atoms in total. The van der Waals surface area contributed by atoms with Crippen molar-refractivity contribution in [1.29, 1.82) is 0 Å². The summed E-state index contributed by atoms with van der Waals surface area (Å²) in [6.45, 7) is 0.552. The first-order valence-electron chi connectivity index (χ1n) is 4.76. The number of rotatable bonds is 3. The predicted molar refractivity (Wildman–Crippen MR) is 55.2 cm³/mol. The van der Waals surface area contributed by atoms with Gasteiger partial charge in [-0.25, -0.2) is 17.6 Å². The highest BCUT2D eigenvalue weighted by atomic mass is 19.2. The molecule has 0 bridgehead atoms. The molecule has 0 radical (unpaired) electrons. The molecule has 0 aliphatic rings. The van der Waals surface area contributed by atoms with E-state index in [4.69, 9.17) is 10.8 Å². The largest absolute Gasteiger partial charge is 0.395 e. The molecule has 0 amide bonds. The Labute approximate surface area is 96.2 Å². The molecule has 0 fully saturated rings. The fourth-order valence-electron chi connectivity index (χ4n) is 0.882. The average molecular weight is 254 g/mol. The van der Waals surface area contributed by atoms with Gasteiger partial charge in [-0.15, -0.1) is 0 Å². The van der Waals surface area contributed by atoms with E-state index in [9.17, 15) is 17.6 Å². The molecule has 1 aromatic carbocycles. The van der Waals surface area contributed by atoms with Crippen molar-refractivity contribution in [3.63, 3.8) is 0 Å². The maximum atomic E-state index is 12.6. The summed E-state index contributed by atoms with van der Waals surface area (Å²) < 4.78 is 49.6. The number of hydrogen-bond donors (Lipinski definition) is 3. The van der Waals surface area contributed by atoms with Crippen molar-refractivity contribution in [1.82, 2.24) is 5.32 Å². The smallest absolute Gasteiger partial charge is 0.197 e. The van der Waals surface area contributed by atoms with E-state index >= 15 is 0 Å². The summed E-state index contributed by atoms with van der Waals surface area (Å²) in [7, 11) is 1.80. The normalized spacial score (nSPS) is 9.82. The lowest BCUT2D eigenvalue weighted by Gasteiger charge is -2.01. The van der Waals surface area contributed by atoms with Crippen LogP contribution in [0.5, 0.6) is 0 Å². The van der Waals surface area contributed by atoms with Gasteiger partial charge in [0.25, 0.3) is 0 Å². The number of likely N-dealkylation sites (N-methyl/N-ethyl adjacent to an activating group) is 1. The summed E-state index contributed by atoms with van der Waals surface area (Å²) in [5, 5.41) is 10.8. The van der Waals surface area contributed by atoms with Gasteiger partial charge in [0.05, 0.1) is 6.61 Å². The third-order valence-corrected chi connectivity index (χ3v) is 1.76. The number of halogens is 4. The predicted octanol–water partition coefficient (Wildman–Crippen LogP) is 0.900. The van der Waals surface area contributed by atoms with E-state index in [-0.39, 0.29) is 18.7 Å². The third kappa shape index (κ3) is 4.68. The van der Waals surface area contributed by atoms with E-state index < -0.39 is 23.3 Å². The number of nitrogens with one attached hydrogen (secondary N) is 1. The molecule has 0 aromatic heterocycles. The van der Waals surface area contributed by atoms with Gasteiger partial charge in [0, 0.05) is 18.7 Å². The van der Waals surface area contributed by atoms with Gasteiger partial charge >= 0.3 is 0 Å². The van der Waals surface area contributed by atoms with E-state index in [0.29, 0.717) is 12.6 Å². The maximum Gasteiger partial charge on any atom is 0.197 e. The van der Waals surface area contributed by atoms with Crippen LogP contribution in [0.4, 0.5) is 17.6 Å². The number of aliphatic hydroxyl groups excluding tert-OH is 1. The molecule has 0 atom stereocenters. The highest BCUT2D eigenvalue weighted by Crippen LogP contribution is 2.17. The van der Waals surface area contributed by atoms with Crippen molar-refractivity contribution in [3.8, 4) is 0 Å².